The molecule has 0 spiro atoms. The summed E-state index contributed by atoms with van der Waals surface area (Å²) in [6.07, 6.45) is 0.199. The Hall–Kier alpha value is -3.41. The van der Waals surface area contributed by atoms with Gasteiger partial charge in [0.2, 0.25) is 5.91 Å². The average Bonchev–Trinajstić information content (AvgIpc) is 3.13. The molecule has 144 valence electrons. The van der Waals surface area contributed by atoms with Crippen LogP contribution in [0.2, 0.25) is 0 Å². The van der Waals surface area contributed by atoms with Crippen LogP contribution in [-0.4, -0.2) is 17.0 Å². The van der Waals surface area contributed by atoms with Gasteiger partial charge < -0.3 is 15.2 Å². The average molecular weight is 377 g/mol. The predicted octanol–water partition coefficient (Wildman–Crippen LogP) is 4.41. The maximum atomic E-state index is 12.2. The minimum absolute atomic E-state index is 0.171. The highest BCUT2D eigenvalue weighted by molar-refractivity contribution is 6.04. The fourth-order valence-electron chi connectivity index (χ4n) is 2.56. The molecule has 0 fully saturated rings. The summed E-state index contributed by atoms with van der Waals surface area (Å²) < 4.78 is 5.26. The monoisotopic (exact) mass is 377 g/mol. The molecular formula is C22H23N3O3. The van der Waals surface area contributed by atoms with Crippen molar-refractivity contribution in [3.05, 3.63) is 77.6 Å². The van der Waals surface area contributed by atoms with Gasteiger partial charge in [-0.25, -0.2) is 0 Å². The maximum Gasteiger partial charge on any atom is 0.255 e. The van der Waals surface area contributed by atoms with E-state index in [0.29, 0.717) is 22.8 Å². The molecular weight excluding hydrogens is 354 g/mol. The van der Waals surface area contributed by atoms with Crippen molar-refractivity contribution in [2.24, 2.45) is 0 Å². The third-order valence-electron chi connectivity index (χ3n) is 4.13. The minimum Gasteiger partial charge on any atom is -0.359 e. The first kappa shape index (κ1) is 19.4. The molecule has 3 rings (SSSR count). The summed E-state index contributed by atoms with van der Waals surface area (Å²) in [5, 5.41) is 9.46. The quantitative estimate of drug-likeness (QED) is 0.690. The van der Waals surface area contributed by atoms with E-state index in [1.807, 2.05) is 51.1 Å². The molecule has 0 aliphatic rings. The molecule has 1 heterocycles. The van der Waals surface area contributed by atoms with Crippen LogP contribution in [0.4, 0.5) is 11.5 Å². The van der Waals surface area contributed by atoms with Gasteiger partial charge in [-0.1, -0.05) is 56.3 Å². The first-order valence-electron chi connectivity index (χ1n) is 9.04. The molecule has 0 radical (unpaired) electrons. The number of anilines is 2. The van der Waals surface area contributed by atoms with Crippen molar-refractivity contribution in [2.45, 2.75) is 32.6 Å². The lowest BCUT2D eigenvalue weighted by Crippen LogP contribution is -2.15. The molecule has 1 aromatic heterocycles. The van der Waals surface area contributed by atoms with Gasteiger partial charge >= 0.3 is 0 Å². The summed E-state index contributed by atoms with van der Waals surface area (Å²) in [5.74, 6) is 0.754. The van der Waals surface area contributed by atoms with Gasteiger partial charge in [0.1, 0.15) is 5.76 Å². The van der Waals surface area contributed by atoms with E-state index in [-0.39, 0.29) is 23.7 Å². The fourth-order valence-corrected chi connectivity index (χ4v) is 2.56. The highest BCUT2D eigenvalue weighted by Crippen LogP contribution is 2.24. The zero-order valence-electron chi connectivity index (χ0n) is 16.2. The Kier molecular flexibility index (Phi) is 5.59. The van der Waals surface area contributed by atoms with Crippen molar-refractivity contribution >= 4 is 23.3 Å². The van der Waals surface area contributed by atoms with Crippen LogP contribution in [-0.2, 0) is 16.6 Å². The normalized spacial score (nSPS) is 11.1. The van der Waals surface area contributed by atoms with E-state index in [9.17, 15) is 9.59 Å². The van der Waals surface area contributed by atoms with Crippen molar-refractivity contribution in [3.63, 3.8) is 0 Å². The van der Waals surface area contributed by atoms with Crippen molar-refractivity contribution in [1.82, 2.24) is 5.16 Å². The predicted molar refractivity (Wildman–Crippen MR) is 108 cm³/mol. The second-order valence-corrected chi connectivity index (χ2v) is 7.57. The summed E-state index contributed by atoms with van der Waals surface area (Å²) in [7, 11) is 0. The number of benzene rings is 2. The zero-order chi connectivity index (χ0) is 20.1. The van der Waals surface area contributed by atoms with Crippen molar-refractivity contribution in [1.29, 1.82) is 0 Å². The van der Waals surface area contributed by atoms with E-state index in [4.69, 9.17) is 4.52 Å². The number of carbonyl (C=O) groups is 2. The van der Waals surface area contributed by atoms with Crippen molar-refractivity contribution in [3.8, 4) is 0 Å². The molecule has 0 saturated carbocycles. The van der Waals surface area contributed by atoms with Crippen LogP contribution in [0.1, 0.15) is 42.5 Å². The number of amides is 2. The Morgan fingerprint density at radius 1 is 0.964 bits per heavy atom. The fraction of sp³-hybridized carbons (Fsp3) is 0.227. The van der Waals surface area contributed by atoms with Gasteiger partial charge in [0.05, 0.1) is 6.42 Å². The molecule has 2 N–H and O–H groups in total. The Bertz CT molecular complexity index is 955. The van der Waals surface area contributed by atoms with Gasteiger partial charge in [-0.3, -0.25) is 9.59 Å². The summed E-state index contributed by atoms with van der Waals surface area (Å²) in [4.78, 5) is 24.4. The van der Waals surface area contributed by atoms with E-state index >= 15 is 0 Å². The minimum atomic E-state index is -0.185. The SMILES string of the molecule is CC(C)(C)c1cc(NC(=O)Cc2ccc(NC(=O)c3ccccc3)cc2)no1. The van der Waals surface area contributed by atoms with E-state index in [2.05, 4.69) is 15.8 Å². The number of hydrogen-bond donors (Lipinski definition) is 2. The molecule has 2 aromatic carbocycles. The highest BCUT2D eigenvalue weighted by Gasteiger charge is 2.20. The van der Waals surface area contributed by atoms with E-state index in [0.717, 1.165) is 5.56 Å². The lowest BCUT2D eigenvalue weighted by atomic mass is 9.93. The van der Waals surface area contributed by atoms with Gasteiger partial charge in [0, 0.05) is 22.7 Å². The number of hydrogen-bond acceptors (Lipinski definition) is 4. The smallest absolute Gasteiger partial charge is 0.255 e. The standard InChI is InChI=1S/C22H23N3O3/c1-22(2,3)18-14-19(25-28-18)24-20(26)13-15-9-11-17(12-10-15)23-21(27)16-7-5-4-6-8-16/h4-12,14H,13H2,1-3H3,(H,23,27)(H,24,25,26). The molecule has 3 aromatic rings. The van der Waals surface area contributed by atoms with Crippen LogP contribution in [0.5, 0.6) is 0 Å². The van der Waals surface area contributed by atoms with Crippen LogP contribution in [0.25, 0.3) is 0 Å². The molecule has 0 aliphatic heterocycles. The van der Waals surface area contributed by atoms with Crippen LogP contribution in [0, 0.1) is 0 Å². The molecule has 6 heteroatoms. The largest absolute Gasteiger partial charge is 0.359 e. The summed E-state index contributed by atoms with van der Waals surface area (Å²) in [6, 6.07) is 17.9. The Morgan fingerprint density at radius 2 is 1.64 bits per heavy atom. The van der Waals surface area contributed by atoms with Gasteiger partial charge in [-0.05, 0) is 29.8 Å². The Morgan fingerprint density at radius 3 is 2.25 bits per heavy atom. The third-order valence-corrected chi connectivity index (χ3v) is 4.13. The Balaban J connectivity index is 1.56. The number of nitrogens with one attached hydrogen (secondary N) is 2. The zero-order valence-corrected chi connectivity index (χ0v) is 16.2. The van der Waals surface area contributed by atoms with Crippen molar-refractivity contribution in [2.75, 3.05) is 10.6 Å². The van der Waals surface area contributed by atoms with Crippen molar-refractivity contribution < 1.29 is 14.1 Å². The number of nitrogens with zero attached hydrogens (tertiary/aromatic N) is 1. The van der Waals surface area contributed by atoms with Gasteiger partial charge in [-0.2, -0.15) is 0 Å². The first-order valence-corrected chi connectivity index (χ1v) is 9.04. The first-order chi connectivity index (χ1) is 13.3. The van der Waals surface area contributed by atoms with E-state index in [1.54, 1.807) is 30.3 Å². The highest BCUT2D eigenvalue weighted by atomic mass is 16.5. The Labute approximate surface area is 163 Å². The second kappa shape index (κ2) is 8.08. The maximum absolute atomic E-state index is 12.2. The molecule has 0 saturated heterocycles. The molecule has 0 atom stereocenters. The summed E-state index contributed by atoms with van der Waals surface area (Å²) in [6.45, 7) is 6.03. The van der Waals surface area contributed by atoms with Crippen LogP contribution in [0.15, 0.2) is 65.2 Å². The van der Waals surface area contributed by atoms with Crippen LogP contribution < -0.4 is 10.6 Å². The van der Waals surface area contributed by atoms with E-state index < -0.39 is 0 Å². The summed E-state index contributed by atoms with van der Waals surface area (Å²) >= 11 is 0. The second-order valence-electron chi connectivity index (χ2n) is 7.57. The summed E-state index contributed by atoms with van der Waals surface area (Å²) in [5.41, 5.74) is 1.92. The lowest BCUT2D eigenvalue weighted by molar-refractivity contribution is -0.115. The van der Waals surface area contributed by atoms with Gasteiger partial charge in [-0.15, -0.1) is 0 Å². The molecule has 0 aliphatic carbocycles. The van der Waals surface area contributed by atoms with Gasteiger partial charge in [0.25, 0.3) is 5.91 Å². The number of carbonyl (C=O) groups excluding carboxylic acids is 2. The number of rotatable bonds is 5. The van der Waals surface area contributed by atoms with E-state index in [1.165, 1.54) is 0 Å². The van der Waals surface area contributed by atoms with Crippen LogP contribution >= 0.6 is 0 Å². The third kappa shape index (κ3) is 5.07. The lowest BCUT2D eigenvalue weighted by Gasteiger charge is -2.12. The molecule has 6 nitrogen and oxygen atoms in total. The molecule has 28 heavy (non-hydrogen) atoms. The molecule has 0 bridgehead atoms. The molecule has 0 unspecified atom stereocenters. The topological polar surface area (TPSA) is 84.2 Å². The molecule has 2 amide bonds. The van der Waals surface area contributed by atoms with Crippen LogP contribution in [0.3, 0.4) is 0 Å². The number of aromatic nitrogens is 1. The van der Waals surface area contributed by atoms with Gasteiger partial charge in [0.15, 0.2) is 5.82 Å².